The van der Waals surface area contributed by atoms with E-state index in [0.717, 1.165) is 25.3 Å². The number of carbonyl (C=O) groups excluding carboxylic acids is 1. The largest absolute Gasteiger partial charge is 0.420 e. The van der Waals surface area contributed by atoms with Crippen LogP contribution in [0.1, 0.15) is 70.3 Å². The van der Waals surface area contributed by atoms with Gasteiger partial charge >= 0.3 is 6.18 Å². The zero-order chi connectivity index (χ0) is 23.0. The van der Waals surface area contributed by atoms with Crippen molar-refractivity contribution in [1.82, 2.24) is 19.5 Å². The summed E-state index contributed by atoms with van der Waals surface area (Å²) in [6.07, 6.45) is 1.71. The van der Waals surface area contributed by atoms with Gasteiger partial charge in [0.25, 0.3) is 0 Å². The molecule has 0 radical (unpaired) electrons. The van der Waals surface area contributed by atoms with Gasteiger partial charge in [-0.2, -0.15) is 13.2 Å². The maximum atomic E-state index is 13.3. The average molecular weight is 453 g/mol. The number of ether oxygens (including phenoxy) is 1. The molecule has 0 aromatic carbocycles. The average Bonchev–Trinajstić information content (AvgIpc) is 3.37. The van der Waals surface area contributed by atoms with Crippen LogP contribution in [-0.2, 0) is 15.7 Å². The minimum absolute atomic E-state index is 0.0123. The van der Waals surface area contributed by atoms with Crippen molar-refractivity contribution < 1.29 is 22.7 Å². The number of amides is 1. The zero-order valence-electron chi connectivity index (χ0n) is 18.8. The van der Waals surface area contributed by atoms with Crippen LogP contribution in [0, 0.1) is 17.8 Å². The van der Waals surface area contributed by atoms with Crippen LogP contribution >= 0.6 is 0 Å². The quantitative estimate of drug-likeness (QED) is 0.648. The van der Waals surface area contributed by atoms with Gasteiger partial charge in [-0.3, -0.25) is 9.20 Å². The van der Waals surface area contributed by atoms with Gasteiger partial charge < -0.3 is 9.64 Å². The van der Waals surface area contributed by atoms with Gasteiger partial charge in [0, 0.05) is 12.7 Å². The summed E-state index contributed by atoms with van der Waals surface area (Å²) in [5.74, 6) is 1.73. The summed E-state index contributed by atoms with van der Waals surface area (Å²) < 4.78 is 47.5. The molecule has 0 spiro atoms. The van der Waals surface area contributed by atoms with E-state index < -0.39 is 17.8 Å². The van der Waals surface area contributed by atoms with Crippen LogP contribution in [-0.4, -0.2) is 44.7 Å². The normalized spacial score (nSPS) is 26.9. The monoisotopic (exact) mass is 452 g/mol. The van der Waals surface area contributed by atoms with E-state index in [2.05, 4.69) is 31.0 Å². The van der Waals surface area contributed by atoms with Crippen molar-refractivity contribution in [3.05, 3.63) is 29.7 Å². The van der Waals surface area contributed by atoms with E-state index in [1.807, 2.05) is 0 Å². The summed E-state index contributed by atoms with van der Waals surface area (Å²) >= 11 is 0. The first-order valence-corrected chi connectivity index (χ1v) is 11.5. The minimum Gasteiger partial charge on any atom is -0.368 e. The molecule has 1 aliphatic carbocycles. The highest BCUT2D eigenvalue weighted by Gasteiger charge is 2.38. The number of nitrogens with zero attached hydrogens (tertiary/aromatic N) is 4. The Morgan fingerprint density at radius 2 is 2.03 bits per heavy atom. The number of pyridine rings is 1. The Bertz CT molecular complexity index is 958. The minimum atomic E-state index is -4.52. The van der Waals surface area contributed by atoms with Crippen molar-refractivity contribution in [3.63, 3.8) is 0 Å². The fraction of sp³-hybridized carbons (Fsp3) is 0.696. The Morgan fingerprint density at radius 3 is 2.75 bits per heavy atom. The van der Waals surface area contributed by atoms with Crippen molar-refractivity contribution in [2.75, 3.05) is 13.2 Å². The number of hydrogen-bond donors (Lipinski definition) is 0. The fourth-order valence-corrected chi connectivity index (χ4v) is 5.28. The first kappa shape index (κ1) is 23.0. The van der Waals surface area contributed by atoms with Crippen molar-refractivity contribution in [2.45, 2.75) is 71.2 Å². The van der Waals surface area contributed by atoms with Crippen LogP contribution in [0.5, 0.6) is 0 Å². The fourth-order valence-electron chi connectivity index (χ4n) is 5.28. The summed E-state index contributed by atoms with van der Waals surface area (Å²) in [4.78, 5) is 14.8. The smallest absolute Gasteiger partial charge is 0.368 e. The Balaban J connectivity index is 1.50. The number of rotatable bonds is 5. The molecule has 0 bridgehead atoms. The number of aromatic nitrogens is 3. The molecule has 2 aromatic heterocycles. The lowest BCUT2D eigenvalue weighted by Gasteiger charge is -2.37. The number of fused-ring (bicyclic) bond motifs is 1. The molecule has 2 aromatic rings. The first-order chi connectivity index (χ1) is 15.2. The Morgan fingerprint density at radius 1 is 1.25 bits per heavy atom. The molecule has 9 heteroatoms. The summed E-state index contributed by atoms with van der Waals surface area (Å²) in [5.41, 5.74) is -1.06. The Hall–Kier alpha value is -2.16. The highest BCUT2D eigenvalue weighted by molar-refractivity contribution is 5.78. The van der Waals surface area contributed by atoms with Crippen LogP contribution in [0.25, 0.3) is 5.65 Å². The van der Waals surface area contributed by atoms with E-state index in [0.29, 0.717) is 36.5 Å². The van der Waals surface area contributed by atoms with Crippen molar-refractivity contribution in [1.29, 1.82) is 0 Å². The molecule has 3 heterocycles. The van der Waals surface area contributed by atoms with Crippen LogP contribution in [0.3, 0.4) is 0 Å². The molecule has 2 fully saturated rings. The second kappa shape index (κ2) is 9.00. The third-order valence-electron chi connectivity index (χ3n) is 7.02. The van der Waals surface area contributed by atoms with Gasteiger partial charge in [-0.25, -0.2) is 0 Å². The maximum absolute atomic E-state index is 13.3. The second-order valence-electron chi connectivity index (χ2n) is 9.59. The lowest BCUT2D eigenvalue weighted by atomic mass is 9.75. The second-order valence-corrected chi connectivity index (χ2v) is 9.59. The van der Waals surface area contributed by atoms with Crippen LogP contribution < -0.4 is 0 Å². The van der Waals surface area contributed by atoms with Gasteiger partial charge in [0.05, 0.1) is 12.1 Å². The lowest BCUT2D eigenvalue weighted by Crippen LogP contribution is -2.39. The molecular formula is C23H31F3N4O2. The molecule has 1 unspecified atom stereocenters. The molecule has 2 aliphatic rings. The van der Waals surface area contributed by atoms with Gasteiger partial charge in [-0.05, 0) is 55.6 Å². The molecule has 1 amide bonds. The molecule has 1 aliphatic heterocycles. The summed E-state index contributed by atoms with van der Waals surface area (Å²) in [7, 11) is 0. The Kier molecular flexibility index (Phi) is 6.47. The van der Waals surface area contributed by atoms with Gasteiger partial charge in [-0.1, -0.05) is 27.2 Å². The predicted octanol–water partition coefficient (Wildman–Crippen LogP) is 4.89. The van der Waals surface area contributed by atoms with Crippen LogP contribution in [0.15, 0.2) is 18.3 Å². The molecule has 176 valence electrons. The van der Waals surface area contributed by atoms with E-state index in [4.69, 9.17) is 4.74 Å². The number of halogens is 3. The topological polar surface area (TPSA) is 59.7 Å². The number of alkyl halides is 3. The molecule has 32 heavy (non-hydrogen) atoms. The third-order valence-corrected chi connectivity index (χ3v) is 7.02. The van der Waals surface area contributed by atoms with Crippen LogP contribution in [0.4, 0.5) is 13.2 Å². The summed E-state index contributed by atoms with van der Waals surface area (Å²) in [5, 5.41) is 7.86. The standard InChI is InChI=1S/C23H31F3N4O2/c1-14(2)16-9-8-15(3)12-19(16)32-13-20(31)29-10-5-7-18(29)22-28-27-21-17(23(24,25)26)6-4-11-30(21)22/h4,6,11,14-16,18-19H,5,7-10,12-13H2,1-3H3/t15-,16+,18?,19-/m0/s1. The van der Waals surface area contributed by atoms with Gasteiger partial charge in [0.1, 0.15) is 12.2 Å². The molecule has 0 N–H and O–H groups in total. The van der Waals surface area contributed by atoms with Crippen LogP contribution in [0.2, 0.25) is 0 Å². The van der Waals surface area contributed by atoms with Crippen molar-refractivity contribution in [3.8, 4) is 0 Å². The molecule has 4 atom stereocenters. The highest BCUT2D eigenvalue weighted by atomic mass is 19.4. The van der Waals surface area contributed by atoms with E-state index in [1.54, 1.807) is 4.90 Å². The third kappa shape index (κ3) is 4.49. The molecule has 1 saturated carbocycles. The Labute approximate surface area is 186 Å². The number of likely N-dealkylation sites (tertiary alicyclic amines) is 1. The van der Waals surface area contributed by atoms with Gasteiger partial charge in [-0.15, -0.1) is 10.2 Å². The van der Waals surface area contributed by atoms with E-state index in [9.17, 15) is 18.0 Å². The van der Waals surface area contributed by atoms with Crippen molar-refractivity contribution >= 4 is 11.6 Å². The van der Waals surface area contributed by atoms with E-state index >= 15 is 0 Å². The van der Waals surface area contributed by atoms with E-state index in [1.165, 1.54) is 23.1 Å². The van der Waals surface area contributed by atoms with Crippen molar-refractivity contribution in [2.24, 2.45) is 17.8 Å². The molecule has 6 nitrogen and oxygen atoms in total. The van der Waals surface area contributed by atoms with E-state index in [-0.39, 0.29) is 24.3 Å². The molecule has 4 rings (SSSR count). The molecule has 1 saturated heterocycles. The van der Waals surface area contributed by atoms with Gasteiger partial charge in [0.2, 0.25) is 5.91 Å². The first-order valence-electron chi connectivity index (χ1n) is 11.5. The molecular weight excluding hydrogens is 421 g/mol. The highest BCUT2D eigenvalue weighted by Crippen LogP contribution is 2.37. The predicted molar refractivity (Wildman–Crippen MR) is 113 cm³/mol. The number of carbonyl (C=O) groups is 1. The summed E-state index contributed by atoms with van der Waals surface area (Å²) in [6, 6.07) is 1.93. The number of hydrogen-bond acceptors (Lipinski definition) is 4. The zero-order valence-corrected chi connectivity index (χ0v) is 18.8. The SMILES string of the molecule is CC(C)[C@H]1CC[C@H](C)C[C@@H]1OCC(=O)N1CCCC1c1nnc2c(C(F)(F)F)cccn12. The maximum Gasteiger partial charge on any atom is 0.420 e. The summed E-state index contributed by atoms with van der Waals surface area (Å²) in [6.45, 7) is 7.13. The lowest BCUT2D eigenvalue weighted by molar-refractivity contribution is -0.142. The van der Waals surface area contributed by atoms with Gasteiger partial charge in [0.15, 0.2) is 11.5 Å².